The second kappa shape index (κ2) is 9.88. The summed E-state index contributed by atoms with van der Waals surface area (Å²) in [5.41, 5.74) is -0.458. The van der Waals surface area contributed by atoms with Gasteiger partial charge in [-0.05, 0) is 74.0 Å². The van der Waals surface area contributed by atoms with E-state index < -0.39 is 35.1 Å². The topological polar surface area (TPSA) is 107 Å². The summed E-state index contributed by atoms with van der Waals surface area (Å²) in [6.07, 6.45) is 6.51. The molecule has 0 heterocycles. The number of allylic oxidation sites excluding steroid dienone is 3. The van der Waals surface area contributed by atoms with Gasteiger partial charge in [0.2, 0.25) is 0 Å². The number of hydrogen-bond acceptors (Lipinski definition) is 7. The van der Waals surface area contributed by atoms with E-state index in [1.54, 1.807) is 19.1 Å². The maximum atomic E-state index is 12.9. The van der Waals surface area contributed by atoms with E-state index in [2.05, 4.69) is 0 Å². The number of esters is 2. The van der Waals surface area contributed by atoms with Crippen LogP contribution in [0.5, 0.6) is 0 Å². The van der Waals surface area contributed by atoms with E-state index in [0.717, 1.165) is 5.57 Å². The van der Waals surface area contributed by atoms with Crippen molar-refractivity contribution in [3.63, 3.8) is 0 Å². The summed E-state index contributed by atoms with van der Waals surface area (Å²) >= 11 is 0. The van der Waals surface area contributed by atoms with Gasteiger partial charge in [-0.1, -0.05) is 33.8 Å². The molecule has 9 atom stereocenters. The van der Waals surface area contributed by atoms with Crippen LogP contribution in [-0.2, 0) is 28.7 Å². The highest BCUT2D eigenvalue weighted by molar-refractivity contribution is 6.01. The molecule has 0 aromatic heterocycles. The van der Waals surface area contributed by atoms with Crippen LogP contribution in [0.25, 0.3) is 0 Å². The van der Waals surface area contributed by atoms with E-state index >= 15 is 0 Å². The Labute approximate surface area is 213 Å². The average Bonchev–Trinajstić information content (AvgIpc) is 3.06. The minimum absolute atomic E-state index is 0.00370. The minimum Gasteiger partial charge on any atom is -0.462 e. The van der Waals surface area contributed by atoms with Crippen LogP contribution < -0.4 is 0 Å². The van der Waals surface area contributed by atoms with Gasteiger partial charge in [0.1, 0.15) is 18.0 Å². The van der Waals surface area contributed by atoms with Crippen LogP contribution >= 0.6 is 0 Å². The maximum Gasteiger partial charge on any atom is 0.306 e. The molecule has 4 aliphatic carbocycles. The van der Waals surface area contributed by atoms with E-state index in [9.17, 15) is 24.3 Å². The second-order valence-corrected chi connectivity index (χ2v) is 11.8. The molecule has 0 aromatic carbocycles. The third-order valence-electron chi connectivity index (χ3n) is 9.40. The number of Topliss-reactive ketones (excluding diaryl/α,β-unsaturated/α-hetero) is 1. The lowest BCUT2D eigenvalue weighted by atomic mass is 9.46. The Morgan fingerprint density at radius 1 is 1.06 bits per heavy atom. The number of carbonyl (C=O) groups excluding carboxylic acids is 4. The van der Waals surface area contributed by atoms with Crippen LogP contribution in [0.15, 0.2) is 23.8 Å². The standard InChI is InChI=1S/C29H40O7/c1-6-8-24(33)35-22-13-18-19-14-23(36-25(34)9-7-2)26(16(3)30)29(19,5)15-21(32)27(18)28(4)11-10-17(31)12-20(22)28/h10-12,18-19,21-23,26-27,32H,6-9,13-15H2,1-5H3/t18-,19-,21?,22?,23?,26-,27+,28-,29-/m0/s1. The molecule has 7 nitrogen and oxygen atoms in total. The Morgan fingerprint density at radius 3 is 2.31 bits per heavy atom. The fraction of sp³-hybridized carbons (Fsp3) is 0.724. The zero-order valence-corrected chi connectivity index (χ0v) is 22.1. The molecule has 4 aliphatic rings. The van der Waals surface area contributed by atoms with Crippen molar-refractivity contribution >= 4 is 23.5 Å². The van der Waals surface area contributed by atoms with Crippen molar-refractivity contribution in [2.24, 2.45) is 34.5 Å². The zero-order valence-electron chi connectivity index (χ0n) is 22.1. The fourth-order valence-corrected chi connectivity index (χ4v) is 8.15. The molecule has 0 bridgehead atoms. The van der Waals surface area contributed by atoms with Crippen LogP contribution in [-0.4, -0.2) is 46.9 Å². The minimum atomic E-state index is -0.721. The number of aliphatic hydroxyl groups is 1. The summed E-state index contributed by atoms with van der Waals surface area (Å²) in [6.45, 7) is 9.43. The first kappa shape index (κ1) is 26.8. The molecule has 0 amide bonds. The van der Waals surface area contributed by atoms with Crippen LogP contribution in [0, 0.1) is 34.5 Å². The van der Waals surface area contributed by atoms with Gasteiger partial charge in [0.25, 0.3) is 0 Å². The van der Waals surface area contributed by atoms with Gasteiger partial charge in [-0.2, -0.15) is 0 Å². The molecule has 3 saturated carbocycles. The molecular formula is C29H40O7. The lowest BCUT2D eigenvalue weighted by molar-refractivity contribution is -0.162. The number of ketones is 2. The third kappa shape index (κ3) is 4.37. The second-order valence-electron chi connectivity index (χ2n) is 11.8. The largest absolute Gasteiger partial charge is 0.462 e. The van der Waals surface area contributed by atoms with E-state index in [4.69, 9.17) is 9.47 Å². The summed E-state index contributed by atoms with van der Waals surface area (Å²) < 4.78 is 11.8. The molecule has 4 rings (SSSR count). The van der Waals surface area contributed by atoms with Crippen molar-refractivity contribution in [3.8, 4) is 0 Å². The summed E-state index contributed by atoms with van der Waals surface area (Å²) in [7, 11) is 0. The molecular weight excluding hydrogens is 460 g/mol. The van der Waals surface area contributed by atoms with Gasteiger partial charge in [0.05, 0.1) is 12.0 Å². The first-order valence-electron chi connectivity index (χ1n) is 13.5. The van der Waals surface area contributed by atoms with Gasteiger partial charge in [0, 0.05) is 24.2 Å². The Bertz CT molecular complexity index is 996. The van der Waals surface area contributed by atoms with Crippen molar-refractivity contribution in [3.05, 3.63) is 23.8 Å². The SMILES string of the molecule is CCCC(=O)OC1C[C@H]2[C@@H]3CC(OC(=O)CCC)[C@H](C(C)=O)[C@@]3(C)CC(O)[C@@H]2[C@@]2(C)C=CC(=O)C=C12. The molecule has 3 fully saturated rings. The van der Waals surface area contributed by atoms with Gasteiger partial charge >= 0.3 is 11.9 Å². The number of hydrogen-bond donors (Lipinski definition) is 1. The van der Waals surface area contributed by atoms with Crippen LogP contribution in [0.4, 0.5) is 0 Å². The number of rotatable bonds is 7. The van der Waals surface area contributed by atoms with E-state index in [1.165, 1.54) is 0 Å². The molecule has 0 radical (unpaired) electrons. The smallest absolute Gasteiger partial charge is 0.306 e. The van der Waals surface area contributed by atoms with Crippen molar-refractivity contribution < 1.29 is 33.8 Å². The first-order chi connectivity index (χ1) is 17.0. The molecule has 198 valence electrons. The van der Waals surface area contributed by atoms with Gasteiger partial charge in [-0.3, -0.25) is 19.2 Å². The van der Waals surface area contributed by atoms with Crippen LogP contribution in [0.2, 0.25) is 0 Å². The first-order valence-corrected chi connectivity index (χ1v) is 13.5. The Kier molecular flexibility index (Phi) is 7.35. The van der Waals surface area contributed by atoms with Crippen molar-refractivity contribution in [2.75, 3.05) is 0 Å². The van der Waals surface area contributed by atoms with Gasteiger partial charge in [-0.15, -0.1) is 0 Å². The summed E-state index contributed by atoms with van der Waals surface area (Å²) in [4.78, 5) is 50.3. The van der Waals surface area contributed by atoms with E-state index in [1.807, 2.05) is 33.8 Å². The highest BCUT2D eigenvalue weighted by atomic mass is 16.5. The molecule has 36 heavy (non-hydrogen) atoms. The van der Waals surface area contributed by atoms with Crippen molar-refractivity contribution in [1.29, 1.82) is 0 Å². The lowest BCUT2D eigenvalue weighted by Crippen LogP contribution is -2.59. The summed E-state index contributed by atoms with van der Waals surface area (Å²) in [5.74, 6) is -1.55. The normalized spacial score (nSPS) is 41.0. The Morgan fingerprint density at radius 2 is 1.69 bits per heavy atom. The molecule has 7 heteroatoms. The van der Waals surface area contributed by atoms with E-state index in [0.29, 0.717) is 44.9 Å². The Hall–Kier alpha value is -2.28. The molecule has 3 unspecified atom stereocenters. The summed E-state index contributed by atoms with van der Waals surface area (Å²) in [6, 6.07) is 0. The average molecular weight is 501 g/mol. The third-order valence-corrected chi connectivity index (χ3v) is 9.40. The van der Waals surface area contributed by atoms with Crippen LogP contribution in [0.3, 0.4) is 0 Å². The molecule has 0 saturated heterocycles. The quantitative estimate of drug-likeness (QED) is 0.524. The number of fused-ring (bicyclic) bond motifs is 5. The maximum absolute atomic E-state index is 12.9. The molecule has 0 aromatic rings. The Balaban J connectivity index is 1.74. The van der Waals surface area contributed by atoms with Gasteiger partial charge in [-0.25, -0.2) is 0 Å². The number of aliphatic hydroxyl groups excluding tert-OH is 1. The molecule has 0 aliphatic heterocycles. The number of carbonyl (C=O) groups is 4. The zero-order chi connectivity index (χ0) is 26.4. The highest BCUT2D eigenvalue weighted by Crippen LogP contribution is 2.66. The van der Waals surface area contributed by atoms with Gasteiger partial charge < -0.3 is 14.6 Å². The fourth-order valence-electron chi connectivity index (χ4n) is 8.15. The summed E-state index contributed by atoms with van der Waals surface area (Å²) in [5, 5.41) is 11.6. The molecule has 1 N–H and O–H groups in total. The highest BCUT2D eigenvalue weighted by Gasteiger charge is 2.66. The number of ether oxygens (including phenoxy) is 2. The lowest BCUT2D eigenvalue weighted by Gasteiger charge is -2.59. The van der Waals surface area contributed by atoms with Crippen molar-refractivity contribution in [1.82, 2.24) is 0 Å². The predicted molar refractivity (Wildman–Crippen MR) is 133 cm³/mol. The van der Waals surface area contributed by atoms with Gasteiger partial charge in [0.15, 0.2) is 5.78 Å². The van der Waals surface area contributed by atoms with Crippen LogP contribution in [0.1, 0.15) is 79.6 Å². The predicted octanol–water partition coefficient (Wildman–Crippen LogP) is 4.11. The van der Waals surface area contributed by atoms with Crippen molar-refractivity contribution in [2.45, 2.75) is 97.9 Å². The van der Waals surface area contributed by atoms with E-state index in [-0.39, 0.29) is 41.3 Å². The monoisotopic (exact) mass is 500 g/mol. The molecule has 0 spiro atoms.